The van der Waals surface area contributed by atoms with Crippen LogP contribution in [0.4, 0.5) is 0 Å². The fourth-order valence-electron chi connectivity index (χ4n) is 2.45. The van der Waals surface area contributed by atoms with Crippen molar-refractivity contribution in [3.8, 4) is 0 Å². The van der Waals surface area contributed by atoms with Gasteiger partial charge in [0.15, 0.2) is 5.11 Å². The molecule has 0 radical (unpaired) electrons. The first-order valence-electron chi connectivity index (χ1n) is 6.83. The first-order valence-corrected chi connectivity index (χ1v) is 7.99. The summed E-state index contributed by atoms with van der Waals surface area (Å²) < 4.78 is 0. The van der Waals surface area contributed by atoms with Crippen molar-refractivity contribution in [1.82, 2.24) is 10.3 Å². The Bertz CT molecular complexity index is 536. The van der Waals surface area contributed by atoms with Gasteiger partial charge in [0.05, 0.1) is 0 Å². The second-order valence-electron chi connectivity index (χ2n) is 5.02. The number of nitrogens with two attached hydrogens (primary N) is 1. The number of hydrazone groups is 1. The average molecular weight is 345 g/mol. The molecular formula is C14H18Cl2N4S. The molecule has 21 heavy (non-hydrogen) atoms. The normalized spacial score (nSPS) is 19.8. The maximum Gasteiger partial charge on any atom is 0.184 e. The summed E-state index contributed by atoms with van der Waals surface area (Å²) in [5.74, 6) is 0. The molecule has 0 bridgehead atoms. The van der Waals surface area contributed by atoms with Gasteiger partial charge < -0.3 is 5.73 Å². The summed E-state index contributed by atoms with van der Waals surface area (Å²) in [6, 6.07) is 5.80. The molecule has 2 rings (SSSR count). The van der Waals surface area contributed by atoms with Crippen LogP contribution in [0, 0.1) is 0 Å². The molecule has 1 atom stereocenters. The Labute approximate surface area is 140 Å². The summed E-state index contributed by atoms with van der Waals surface area (Å²) in [5.41, 5.74) is 9.00. The van der Waals surface area contributed by atoms with Crippen LogP contribution in [0.2, 0.25) is 10.0 Å². The molecule has 0 spiro atoms. The summed E-state index contributed by atoms with van der Waals surface area (Å²) in [6.45, 7) is 1.76. The Morgan fingerprint density at radius 3 is 3.05 bits per heavy atom. The van der Waals surface area contributed by atoms with Gasteiger partial charge in [0.2, 0.25) is 0 Å². The summed E-state index contributed by atoms with van der Waals surface area (Å²) in [6.07, 6.45) is 5.27. The SMILES string of the molecule is NC(=S)N/N=C/C1CCCCN1Cc1cc(Cl)ccc1Cl. The molecule has 1 fully saturated rings. The minimum Gasteiger partial charge on any atom is -0.375 e. The predicted molar refractivity (Wildman–Crippen MR) is 92.9 cm³/mol. The molecular weight excluding hydrogens is 327 g/mol. The number of likely N-dealkylation sites (tertiary alicyclic amines) is 1. The third-order valence-electron chi connectivity index (χ3n) is 3.47. The Hall–Kier alpha value is -0.880. The van der Waals surface area contributed by atoms with Crippen molar-refractivity contribution in [2.75, 3.05) is 6.54 Å². The number of thiocarbonyl (C=S) groups is 1. The molecule has 0 amide bonds. The highest BCUT2D eigenvalue weighted by molar-refractivity contribution is 7.80. The molecule has 1 heterocycles. The standard InChI is InChI=1S/C14H18Cl2N4S/c15-11-4-5-13(16)10(7-11)9-20-6-2-1-3-12(20)8-18-19-14(17)21/h4-5,7-8,12H,1-3,6,9H2,(H3,17,19,21)/b18-8+. The van der Waals surface area contributed by atoms with E-state index in [0.29, 0.717) is 5.02 Å². The Kier molecular flexibility index (Phi) is 6.23. The number of benzene rings is 1. The maximum absolute atomic E-state index is 6.24. The smallest absolute Gasteiger partial charge is 0.184 e. The van der Waals surface area contributed by atoms with Crippen LogP contribution in [-0.4, -0.2) is 28.8 Å². The lowest BCUT2D eigenvalue weighted by molar-refractivity contribution is 0.186. The van der Waals surface area contributed by atoms with Gasteiger partial charge in [0.1, 0.15) is 0 Å². The molecule has 1 aromatic rings. The van der Waals surface area contributed by atoms with E-state index >= 15 is 0 Å². The van der Waals surface area contributed by atoms with Gasteiger partial charge >= 0.3 is 0 Å². The molecule has 0 aromatic heterocycles. The van der Waals surface area contributed by atoms with Gasteiger partial charge in [-0.05, 0) is 55.4 Å². The quantitative estimate of drug-likeness (QED) is 0.500. The van der Waals surface area contributed by atoms with E-state index in [1.165, 1.54) is 12.8 Å². The lowest BCUT2D eigenvalue weighted by Crippen LogP contribution is -2.40. The molecule has 0 saturated carbocycles. The predicted octanol–water partition coefficient (Wildman–Crippen LogP) is 3.17. The van der Waals surface area contributed by atoms with Crippen LogP contribution in [0.3, 0.4) is 0 Å². The van der Waals surface area contributed by atoms with Gasteiger partial charge in [0.25, 0.3) is 0 Å². The van der Waals surface area contributed by atoms with Gasteiger partial charge in [-0.3, -0.25) is 10.3 Å². The Balaban J connectivity index is 2.06. The first-order chi connectivity index (χ1) is 10.1. The van der Waals surface area contributed by atoms with Crippen LogP contribution in [0.1, 0.15) is 24.8 Å². The van der Waals surface area contributed by atoms with Crippen LogP contribution >= 0.6 is 35.4 Å². The van der Waals surface area contributed by atoms with Crippen molar-refractivity contribution < 1.29 is 0 Å². The molecule has 1 aliphatic rings. The van der Waals surface area contributed by atoms with E-state index in [9.17, 15) is 0 Å². The number of rotatable bonds is 4. The van der Waals surface area contributed by atoms with Crippen LogP contribution in [-0.2, 0) is 6.54 Å². The number of hydrogen-bond acceptors (Lipinski definition) is 3. The van der Waals surface area contributed by atoms with Crippen molar-refractivity contribution in [2.45, 2.75) is 31.8 Å². The van der Waals surface area contributed by atoms with E-state index in [-0.39, 0.29) is 11.2 Å². The molecule has 114 valence electrons. The molecule has 1 unspecified atom stereocenters. The number of piperidine rings is 1. The van der Waals surface area contributed by atoms with E-state index in [4.69, 9.17) is 41.2 Å². The number of halogens is 2. The van der Waals surface area contributed by atoms with Crippen LogP contribution in [0.5, 0.6) is 0 Å². The summed E-state index contributed by atoms with van der Waals surface area (Å²) in [7, 11) is 0. The van der Waals surface area contributed by atoms with Gasteiger partial charge in [0, 0.05) is 28.8 Å². The highest BCUT2D eigenvalue weighted by Crippen LogP contribution is 2.25. The second-order valence-corrected chi connectivity index (χ2v) is 6.31. The lowest BCUT2D eigenvalue weighted by Gasteiger charge is -2.33. The lowest BCUT2D eigenvalue weighted by atomic mass is 10.0. The van der Waals surface area contributed by atoms with Crippen LogP contribution < -0.4 is 11.2 Å². The van der Waals surface area contributed by atoms with E-state index in [1.54, 1.807) is 6.07 Å². The monoisotopic (exact) mass is 344 g/mol. The molecule has 0 aliphatic carbocycles. The van der Waals surface area contributed by atoms with Gasteiger partial charge in [-0.15, -0.1) is 0 Å². The van der Waals surface area contributed by atoms with Crippen LogP contribution in [0.25, 0.3) is 0 Å². The molecule has 3 N–H and O–H groups in total. The minimum absolute atomic E-state index is 0.173. The van der Waals surface area contributed by atoms with Crippen molar-refractivity contribution in [1.29, 1.82) is 0 Å². The fourth-order valence-corrected chi connectivity index (χ4v) is 2.88. The van der Waals surface area contributed by atoms with Crippen molar-refractivity contribution >= 4 is 46.7 Å². The third kappa shape index (κ3) is 5.11. The highest BCUT2D eigenvalue weighted by atomic mass is 35.5. The zero-order valence-corrected chi connectivity index (χ0v) is 13.9. The number of nitrogens with one attached hydrogen (secondary N) is 1. The first kappa shape index (κ1) is 16.5. The highest BCUT2D eigenvalue weighted by Gasteiger charge is 2.21. The topological polar surface area (TPSA) is 53.6 Å². The summed E-state index contributed by atoms with van der Waals surface area (Å²) in [4.78, 5) is 2.34. The van der Waals surface area contributed by atoms with E-state index in [0.717, 1.165) is 30.1 Å². The fraction of sp³-hybridized carbons (Fsp3) is 0.429. The van der Waals surface area contributed by atoms with Crippen molar-refractivity contribution in [3.63, 3.8) is 0 Å². The maximum atomic E-state index is 6.24. The van der Waals surface area contributed by atoms with E-state index in [2.05, 4.69) is 15.4 Å². The van der Waals surface area contributed by atoms with Gasteiger partial charge in [-0.2, -0.15) is 5.10 Å². The molecule has 1 saturated heterocycles. The van der Waals surface area contributed by atoms with Gasteiger partial charge in [-0.1, -0.05) is 29.6 Å². The minimum atomic E-state index is 0.173. The van der Waals surface area contributed by atoms with Crippen molar-refractivity contribution in [2.24, 2.45) is 10.8 Å². The van der Waals surface area contributed by atoms with Crippen molar-refractivity contribution in [3.05, 3.63) is 33.8 Å². The molecule has 1 aromatic carbocycles. The number of nitrogens with zero attached hydrogens (tertiary/aromatic N) is 2. The second kappa shape index (κ2) is 7.94. The zero-order valence-electron chi connectivity index (χ0n) is 11.6. The Morgan fingerprint density at radius 1 is 1.48 bits per heavy atom. The largest absolute Gasteiger partial charge is 0.375 e. The average Bonchev–Trinajstić information content (AvgIpc) is 2.44. The summed E-state index contributed by atoms with van der Waals surface area (Å²) >= 11 is 17.0. The van der Waals surface area contributed by atoms with E-state index in [1.807, 2.05) is 18.3 Å². The van der Waals surface area contributed by atoms with Gasteiger partial charge in [-0.25, -0.2) is 0 Å². The molecule has 1 aliphatic heterocycles. The third-order valence-corrected chi connectivity index (χ3v) is 4.16. The zero-order chi connectivity index (χ0) is 15.2. The van der Waals surface area contributed by atoms with E-state index < -0.39 is 0 Å². The number of hydrogen-bond donors (Lipinski definition) is 2. The molecule has 4 nitrogen and oxygen atoms in total. The molecule has 7 heteroatoms. The van der Waals surface area contributed by atoms with Crippen LogP contribution in [0.15, 0.2) is 23.3 Å². The summed E-state index contributed by atoms with van der Waals surface area (Å²) in [5, 5.41) is 5.70. The Morgan fingerprint density at radius 2 is 2.29 bits per heavy atom.